The van der Waals surface area contributed by atoms with Gasteiger partial charge in [-0.15, -0.1) is 0 Å². The molecule has 0 saturated carbocycles. The van der Waals surface area contributed by atoms with Crippen molar-refractivity contribution in [1.82, 2.24) is 5.32 Å². The van der Waals surface area contributed by atoms with Crippen LogP contribution in [0, 0.1) is 0 Å². The van der Waals surface area contributed by atoms with Crippen molar-refractivity contribution in [3.63, 3.8) is 0 Å². The monoisotopic (exact) mass is 537 g/mol. The molecule has 0 saturated heterocycles. The van der Waals surface area contributed by atoms with E-state index < -0.39 is 32.5 Å². The molecular formula is C25H48NO9P. The third kappa shape index (κ3) is 25.6. The van der Waals surface area contributed by atoms with Gasteiger partial charge in [-0.05, 0) is 19.3 Å². The summed E-state index contributed by atoms with van der Waals surface area (Å²) in [6.07, 6.45) is 13.5. The largest absolute Gasteiger partial charge is 0.469 e. The van der Waals surface area contributed by atoms with Gasteiger partial charge in [0.05, 0.1) is 6.61 Å². The highest BCUT2D eigenvalue weighted by molar-refractivity contribution is 7.46. The zero-order valence-electron chi connectivity index (χ0n) is 22.2. The molecule has 1 amide bonds. The summed E-state index contributed by atoms with van der Waals surface area (Å²) >= 11 is 0. The minimum Gasteiger partial charge on any atom is -0.462 e. The van der Waals surface area contributed by atoms with Crippen LogP contribution in [-0.4, -0.2) is 53.5 Å². The second-order valence-corrected chi connectivity index (χ2v) is 10.4. The normalized spacial score (nSPS) is 12.2. The summed E-state index contributed by atoms with van der Waals surface area (Å²) in [5, 5.41) is 2.75. The van der Waals surface area contributed by atoms with Gasteiger partial charge < -0.3 is 24.6 Å². The Morgan fingerprint density at radius 1 is 0.750 bits per heavy atom. The highest BCUT2D eigenvalue weighted by atomic mass is 31.2. The fourth-order valence-corrected chi connectivity index (χ4v) is 3.93. The number of unbranched alkanes of at least 4 members (excludes halogenated alkanes) is 12. The number of carbonyl (C=O) groups excluding carboxylic acids is 3. The van der Waals surface area contributed by atoms with Crippen LogP contribution in [0.15, 0.2) is 0 Å². The first-order valence-corrected chi connectivity index (χ1v) is 15.0. The molecule has 10 nitrogen and oxygen atoms in total. The Bertz CT molecular complexity index is 639. The van der Waals surface area contributed by atoms with Crippen molar-refractivity contribution in [1.29, 1.82) is 0 Å². The summed E-state index contributed by atoms with van der Waals surface area (Å²) in [4.78, 5) is 52.8. The van der Waals surface area contributed by atoms with E-state index in [4.69, 9.17) is 19.3 Å². The molecule has 36 heavy (non-hydrogen) atoms. The van der Waals surface area contributed by atoms with Gasteiger partial charge in [-0.25, -0.2) is 4.57 Å². The first-order chi connectivity index (χ1) is 17.1. The van der Waals surface area contributed by atoms with Crippen LogP contribution in [0.25, 0.3) is 0 Å². The first kappa shape index (κ1) is 34.5. The van der Waals surface area contributed by atoms with Gasteiger partial charge >= 0.3 is 19.8 Å². The third-order valence-corrected chi connectivity index (χ3v) is 6.06. The molecule has 0 radical (unpaired) electrons. The quantitative estimate of drug-likeness (QED) is 0.0883. The van der Waals surface area contributed by atoms with E-state index in [-0.39, 0.29) is 25.4 Å². The van der Waals surface area contributed by atoms with E-state index in [2.05, 4.69) is 16.8 Å². The molecule has 212 valence electrons. The van der Waals surface area contributed by atoms with Crippen LogP contribution in [0.1, 0.15) is 117 Å². The van der Waals surface area contributed by atoms with Gasteiger partial charge in [-0.2, -0.15) is 0 Å². The lowest BCUT2D eigenvalue weighted by atomic mass is 10.1. The number of ether oxygens (including phenoxy) is 2. The molecule has 0 aliphatic carbocycles. The minimum atomic E-state index is -4.75. The number of amides is 1. The Labute approximate surface area is 216 Å². The van der Waals surface area contributed by atoms with Gasteiger partial charge in [0.2, 0.25) is 5.91 Å². The molecule has 0 spiro atoms. The van der Waals surface area contributed by atoms with E-state index >= 15 is 0 Å². The van der Waals surface area contributed by atoms with E-state index in [0.717, 1.165) is 51.4 Å². The Kier molecular flexibility index (Phi) is 21.8. The van der Waals surface area contributed by atoms with E-state index in [1.165, 1.54) is 32.6 Å². The Morgan fingerprint density at radius 2 is 1.25 bits per heavy atom. The van der Waals surface area contributed by atoms with E-state index in [0.29, 0.717) is 19.4 Å². The molecule has 0 aliphatic rings. The van der Waals surface area contributed by atoms with Gasteiger partial charge in [-0.3, -0.25) is 18.9 Å². The summed E-state index contributed by atoms with van der Waals surface area (Å²) < 4.78 is 25.9. The number of phosphoric ester groups is 1. The summed E-state index contributed by atoms with van der Waals surface area (Å²) in [6.45, 7) is 3.48. The fraction of sp³-hybridized carbons (Fsp3) is 0.880. The number of carbonyl (C=O) groups is 3. The first-order valence-electron chi connectivity index (χ1n) is 13.4. The molecule has 0 aromatic carbocycles. The highest BCUT2D eigenvalue weighted by Crippen LogP contribution is 2.35. The highest BCUT2D eigenvalue weighted by Gasteiger charge is 2.22. The summed E-state index contributed by atoms with van der Waals surface area (Å²) in [5.74, 6) is -0.988. The lowest BCUT2D eigenvalue weighted by Crippen LogP contribution is -2.29. The molecule has 0 aliphatic heterocycles. The molecule has 1 atom stereocenters. The Morgan fingerprint density at radius 3 is 1.78 bits per heavy atom. The van der Waals surface area contributed by atoms with E-state index in [1.807, 2.05) is 0 Å². The zero-order chi connectivity index (χ0) is 27.1. The van der Waals surface area contributed by atoms with Gasteiger partial charge in [0.1, 0.15) is 6.61 Å². The van der Waals surface area contributed by atoms with Gasteiger partial charge in [0.25, 0.3) is 0 Å². The number of rotatable bonds is 24. The maximum absolute atomic E-state index is 12.1. The standard InChI is InChI=1S/C25H48NO9P/c1-3-4-5-6-7-8-12-15-18-25(29)35-23(21-34-36(30,31)32)20-33-24(28)17-14-11-9-10-13-16-19-26-22(2)27/h23H,3-21H2,1-2H3,(H,26,27)(H2,30,31,32)/t23-/m0/s1. The second kappa shape index (κ2) is 22.7. The number of esters is 2. The van der Waals surface area contributed by atoms with Crippen molar-refractivity contribution in [2.45, 2.75) is 123 Å². The average Bonchev–Trinajstić information content (AvgIpc) is 2.80. The predicted octanol–water partition coefficient (Wildman–Crippen LogP) is 4.95. The van der Waals surface area contributed by atoms with Crippen LogP contribution in [0.3, 0.4) is 0 Å². The lowest BCUT2D eigenvalue weighted by molar-refractivity contribution is -0.161. The summed E-state index contributed by atoms with van der Waals surface area (Å²) in [7, 11) is -4.75. The summed E-state index contributed by atoms with van der Waals surface area (Å²) in [5.41, 5.74) is 0. The topological polar surface area (TPSA) is 148 Å². The van der Waals surface area contributed by atoms with Crippen molar-refractivity contribution in [2.24, 2.45) is 0 Å². The SMILES string of the molecule is CCCCCCCCCCC(=O)O[C@@H](COC(=O)CCCCCCCCNC(C)=O)COP(=O)(O)O. The molecule has 3 N–H and O–H groups in total. The van der Waals surface area contributed by atoms with Crippen molar-refractivity contribution in [2.75, 3.05) is 19.8 Å². The molecule has 0 bridgehead atoms. The van der Waals surface area contributed by atoms with E-state index in [9.17, 15) is 18.9 Å². The zero-order valence-corrected chi connectivity index (χ0v) is 23.1. The third-order valence-electron chi connectivity index (χ3n) is 5.57. The van der Waals surface area contributed by atoms with Crippen molar-refractivity contribution in [3.8, 4) is 0 Å². The van der Waals surface area contributed by atoms with Crippen LogP contribution >= 0.6 is 7.82 Å². The number of hydrogen-bond acceptors (Lipinski definition) is 7. The smallest absolute Gasteiger partial charge is 0.462 e. The van der Waals surface area contributed by atoms with E-state index in [1.54, 1.807) is 0 Å². The lowest BCUT2D eigenvalue weighted by Gasteiger charge is -2.18. The van der Waals surface area contributed by atoms with Crippen LogP contribution < -0.4 is 5.32 Å². The van der Waals surface area contributed by atoms with Crippen molar-refractivity contribution >= 4 is 25.7 Å². The molecule has 0 fully saturated rings. The predicted molar refractivity (Wildman–Crippen MR) is 137 cm³/mol. The number of phosphoric acid groups is 1. The van der Waals surface area contributed by atoms with Crippen molar-refractivity contribution < 1.29 is 42.7 Å². The molecule has 0 aromatic heterocycles. The molecular weight excluding hydrogens is 489 g/mol. The number of nitrogens with one attached hydrogen (secondary N) is 1. The van der Waals surface area contributed by atoms with Gasteiger partial charge in [0.15, 0.2) is 6.10 Å². The Balaban J connectivity index is 4.10. The van der Waals surface area contributed by atoms with Crippen LogP contribution in [-0.2, 0) is 32.9 Å². The minimum absolute atomic E-state index is 0.0256. The number of hydrogen-bond donors (Lipinski definition) is 3. The fourth-order valence-electron chi connectivity index (χ4n) is 3.57. The van der Waals surface area contributed by atoms with Crippen LogP contribution in [0.4, 0.5) is 0 Å². The second-order valence-electron chi connectivity index (χ2n) is 9.16. The molecule has 0 aromatic rings. The van der Waals surface area contributed by atoms with Crippen LogP contribution in [0.2, 0.25) is 0 Å². The average molecular weight is 538 g/mol. The van der Waals surface area contributed by atoms with Crippen LogP contribution in [0.5, 0.6) is 0 Å². The molecule has 0 rings (SSSR count). The molecule has 11 heteroatoms. The Hall–Kier alpha value is -1.48. The molecule has 0 unspecified atom stereocenters. The van der Waals surface area contributed by atoms with Gasteiger partial charge in [0, 0.05) is 26.3 Å². The summed E-state index contributed by atoms with van der Waals surface area (Å²) in [6, 6.07) is 0. The maximum atomic E-state index is 12.1. The van der Waals surface area contributed by atoms with Gasteiger partial charge in [-0.1, -0.05) is 77.6 Å². The molecule has 0 heterocycles. The maximum Gasteiger partial charge on any atom is 0.469 e. The van der Waals surface area contributed by atoms with Crippen molar-refractivity contribution in [3.05, 3.63) is 0 Å².